The van der Waals surface area contributed by atoms with Crippen LogP contribution in [0.3, 0.4) is 0 Å². The molecular weight excluding hydrogens is 336 g/mol. The normalized spacial score (nSPS) is 10.2. The maximum Gasteiger partial charge on any atom is 0.335 e. The van der Waals surface area contributed by atoms with E-state index in [2.05, 4.69) is 15.9 Å². The summed E-state index contributed by atoms with van der Waals surface area (Å²) in [7, 11) is 0. The summed E-state index contributed by atoms with van der Waals surface area (Å²) in [6, 6.07) is 11.3. The minimum absolute atomic E-state index is 0.0654. The molecule has 0 fully saturated rings. The summed E-state index contributed by atoms with van der Waals surface area (Å²) in [6.45, 7) is 1.81. The van der Waals surface area contributed by atoms with E-state index in [1.54, 1.807) is 37.3 Å². The lowest BCUT2D eigenvalue weighted by Crippen LogP contribution is -1.98. The first-order valence-electron chi connectivity index (χ1n) is 6.35. The molecule has 1 N–H and O–H groups in total. The Labute approximate surface area is 130 Å². The zero-order valence-electron chi connectivity index (χ0n) is 11.3. The fourth-order valence-corrected chi connectivity index (χ4v) is 2.08. The number of carboxylic acids is 1. The Morgan fingerprint density at radius 2 is 1.71 bits per heavy atom. The maximum absolute atomic E-state index is 11.5. The first-order valence-corrected chi connectivity index (χ1v) is 7.14. The van der Waals surface area contributed by atoms with Crippen molar-refractivity contribution in [3.8, 4) is 11.5 Å². The highest BCUT2D eigenvalue weighted by molar-refractivity contribution is 9.10. The summed E-state index contributed by atoms with van der Waals surface area (Å²) in [4.78, 5) is 22.5. The third kappa shape index (κ3) is 3.70. The molecule has 4 nitrogen and oxygen atoms in total. The molecule has 108 valence electrons. The highest BCUT2D eigenvalue weighted by Crippen LogP contribution is 2.30. The van der Waals surface area contributed by atoms with Crippen molar-refractivity contribution in [2.75, 3.05) is 0 Å². The summed E-state index contributed by atoms with van der Waals surface area (Å²) >= 11 is 3.31. The molecule has 2 aromatic rings. The van der Waals surface area contributed by atoms with Crippen molar-refractivity contribution in [3.63, 3.8) is 0 Å². The maximum atomic E-state index is 11.5. The van der Waals surface area contributed by atoms with Crippen molar-refractivity contribution < 1.29 is 19.4 Å². The number of hydrogen-bond acceptors (Lipinski definition) is 3. The molecule has 2 rings (SSSR count). The zero-order chi connectivity index (χ0) is 15.4. The summed E-state index contributed by atoms with van der Waals surface area (Å²) in [5.41, 5.74) is 0.772. The molecule has 0 bridgehead atoms. The average molecular weight is 349 g/mol. The molecule has 0 heterocycles. The molecule has 0 aliphatic rings. The molecule has 0 radical (unpaired) electrons. The number of carbonyl (C=O) groups excluding carboxylic acids is 1. The molecule has 0 amide bonds. The van der Waals surface area contributed by atoms with Gasteiger partial charge in [-0.05, 0) is 58.4 Å². The number of halogens is 1. The van der Waals surface area contributed by atoms with Crippen LogP contribution in [0, 0.1) is 0 Å². The molecule has 0 aliphatic carbocycles. The van der Waals surface area contributed by atoms with Gasteiger partial charge in [0.25, 0.3) is 0 Å². The molecular formula is C16H13BrO4. The second kappa shape index (κ2) is 6.54. The average Bonchev–Trinajstić information content (AvgIpc) is 2.49. The van der Waals surface area contributed by atoms with Crippen LogP contribution in [0.1, 0.15) is 34.1 Å². The Morgan fingerprint density at radius 1 is 1.10 bits per heavy atom. The molecule has 0 spiro atoms. The summed E-state index contributed by atoms with van der Waals surface area (Å²) in [5.74, 6) is -0.0118. The summed E-state index contributed by atoms with van der Waals surface area (Å²) < 4.78 is 6.30. The van der Waals surface area contributed by atoms with E-state index in [1.165, 1.54) is 12.1 Å². The van der Waals surface area contributed by atoms with Crippen molar-refractivity contribution in [1.82, 2.24) is 0 Å². The minimum atomic E-state index is -1.02. The van der Waals surface area contributed by atoms with Gasteiger partial charge < -0.3 is 9.84 Å². The fourth-order valence-electron chi connectivity index (χ4n) is 1.75. The fraction of sp³-hybridized carbons (Fsp3) is 0.125. The Kier molecular flexibility index (Phi) is 4.75. The van der Waals surface area contributed by atoms with Gasteiger partial charge in [0.15, 0.2) is 5.78 Å². The molecule has 0 saturated heterocycles. The van der Waals surface area contributed by atoms with Crippen LogP contribution in [0.2, 0.25) is 0 Å². The lowest BCUT2D eigenvalue weighted by atomic mass is 10.1. The van der Waals surface area contributed by atoms with Gasteiger partial charge in [0.2, 0.25) is 0 Å². The van der Waals surface area contributed by atoms with Crippen molar-refractivity contribution in [1.29, 1.82) is 0 Å². The predicted molar refractivity (Wildman–Crippen MR) is 82.2 cm³/mol. The van der Waals surface area contributed by atoms with E-state index in [0.29, 0.717) is 28.0 Å². The van der Waals surface area contributed by atoms with E-state index < -0.39 is 5.97 Å². The predicted octanol–water partition coefficient (Wildman–Crippen LogP) is 4.53. The van der Waals surface area contributed by atoms with Crippen LogP contribution in [0.5, 0.6) is 11.5 Å². The van der Waals surface area contributed by atoms with Crippen LogP contribution < -0.4 is 4.74 Å². The Hall–Kier alpha value is -2.14. The molecule has 0 aromatic heterocycles. The van der Waals surface area contributed by atoms with E-state index in [0.717, 1.165) is 0 Å². The van der Waals surface area contributed by atoms with Crippen molar-refractivity contribution in [2.45, 2.75) is 13.3 Å². The summed E-state index contributed by atoms with van der Waals surface area (Å²) in [6.07, 6.45) is 0.451. The van der Waals surface area contributed by atoms with Crippen molar-refractivity contribution in [3.05, 3.63) is 58.1 Å². The van der Waals surface area contributed by atoms with Gasteiger partial charge in [-0.1, -0.05) is 6.92 Å². The Morgan fingerprint density at radius 3 is 2.29 bits per heavy atom. The second-order valence-electron chi connectivity index (χ2n) is 4.35. The third-order valence-corrected chi connectivity index (χ3v) is 3.56. The van der Waals surface area contributed by atoms with Gasteiger partial charge in [0.1, 0.15) is 11.5 Å². The van der Waals surface area contributed by atoms with Gasteiger partial charge in [-0.25, -0.2) is 4.79 Å². The van der Waals surface area contributed by atoms with Gasteiger partial charge in [0, 0.05) is 12.0 Å². The zero-order valence-corrected chi connectivity index (χ0v) is 12.9. The SMILES string of the molecule is CCC(=O)c1ccc(Oc2cc(C(=O)O)ccc2Br)cc1. The van der Waals surface area contributed by atoms with Gasteiger partial charge in [-0.2, -0.15) is 0 Å². The number of rotatable bonds is 5. The lowest BCUT2D eigenvalue weighted by Gasteiger charge is -2.09. The standard InChI is InChI=1S/C16H13BrO4/c1-2-14(18)10-3-6-12(7-4-10)21-15-9-11(16(19)20)5-8-13(15)17/h3-9H,2H2,1H3,(H,19,20). The number of benzene rings is 2. The lowest BCUT2D eigenvalue weighted by molar-refractivity contribution is 0.0696. The molecule has 0 unspecified atom stereocenters. The van der Waals surface area contributed by atoms with E-state index >= 15 is 0 Å². The number of ether oxygens (including phenoxy) is 1. The van der Waals surface area contributed by atoms with Crippen LogP contribution in [0.25, 0.3) is 0 Å². The monoisotopic (exact) mass is 348 g/mol. The van der Waals surface area contributed by atoms with Crippen molar-refractivity contribution >= 4 is 27.7 Å². The Bertz CT molecular complexity index is 677. The topological polar surface area (TPSA) is 63.6 Å². The highest BCUT2D eigenvalue weighted by atomic mass is 79.9. The summed E-state index contributed by atoms with van der Waals surface area (Å²) in [5, 5.41) is 8.98. The molecule has 5 heteroatoms. The van der Waals surface area contributed by atoms with E-state index in [9.17, 15) is 9.59 Å². The van der Waals surface area contributed by atoms with Gasteiger partial charge >= 0.3 is 5.97 Å². The largest absolute Gasteiger partial charge is 0.478 e. The van der Waals surface area contributed by atoms with Crippen LogP contribution in [0.15, 0.2) is 46.9 Å². The van der Waals surface area contributed by atoms with Crippen LogP contribution in [-0.4, -0.2) is 16.9 Å². The van der Waals surface area contributed by atoms with Crippen LogP contribution >= 0.6 is 15.9 Å². The molecule has 0 saturated carbocycles. The number of carbonyl (C=O) groups is 2. The molecule has 0 aliphatic heterocycles. The van der Waals surface area contributed by atoms with Crippen LogP contribution in [-0.2, 0) is 0 Å². The Balaban J connectivity index is 2.23. The van der Waals surface area contributed by atoms with E-state index in [1.807, 2.05) is 0 Å². The van der Waals surface area contributed by atoms with E-state index in [-0.39, 0.29) is 11.3 Å². The number of hydrogen-bond donors (Lipinski definition) is 1. The molecule has 21 heavy (non-hydrogen) atoms. The van der Waals surface area contributed by atoms with Crippen LogP contribution in [0.4, 0.5) is 0 Å². The molecule has 0 atom stereocenters. The minimum Gasteiger partial charge on any atom is -0.478 e. The number of Topliss-reactive ketones (excluding diaryl/α,β-unsaturated/α-hetero) is 1. The van der Waals surface area contributed by atoms with Gasteiger partial charge in [-0.3, -0.25) is 4.79 Å². The van der Waals surface area contributed by atoms with Crippen molar-refractivity contribution in [2.24, 2.45) is 0 Å². The van der Waals surface area contributed by atoms with Gasteiger partial charge in [0.05, 0.1) is 10.0 Å². The third-order valence-electron chi connectivity index (χ3n) is 2.90. The molecule has 2 aromatic carbocycles. The highest BCUT2D eigenvalue weighted by Gasteiger charge is 2.09. The number of carboxylic acid groups (broad SMARTS) is 1. The van der Waals surface area contributed by atoms with Gasteiger partial charge in [-0.15, -0.1) is 0 Å². The first-order chi connectivity index (χ1) is 10.0. The number of aromatic carboxylic acids is 1. The smallest absolute Gasteiger partial charge is 0.335 e. The number of ketones is 1. The first kappa shape index (κ1) is 15.3. The second-order valence-corrected chi connectivity index (χ2v) is 5.21. The van der Waals surface area contributed by atoms with E-state index in [4.69, 9.17) is 9.84 Å². The quantitative estimate of drug-likeness (QED) is 0.806.